The fourth-order valence-corrected chi connectivity index (χ4v) is 4.33. The van der Waals surface area contributed by atoms with Crippen LogP contribution in [0.2, 0.25) is 0 Å². The van der Waals surface area contributed by atoms with E-state index >= 15 is 0 Å². The standard InChI is InChI=1S/C21H19NO5S2/c1-3-26-21(25)18-15(14-7-5-4-6-8-14)12-28-19(18)22-17(23)11-27-20(24)16-10-9-13(2)29-16/h4-10,12H,3,11H2,1-2H3,(H,22,23). The van der Waals surface area contributed by atoms with Crippen LogP contribution in [0.3, 0.4) is 0 Å². The van der Waals surface area contributed by atoms with E-state index in [0.29, 0.717) is 15.4 Å². The van der Waals surface area contributed by atoms with Crippen LogP contribution in [-0.2, 0) is 14.3 Å². The lowest BCUT2D eigenvalue weighted by Gasteiger charge is -2.09. The summed E-state index contributed by atoms with van der Waals surface area (Å²) in [5.41, 5.74) is 1.80. The van der Waals surface area contributed by atoms with Crippen LogP contribution >= 0.6 is 22.7 Å². The second-order valence-electron chi connectivity index (χ2n) is 5.97. The average molecular weight is 430 g/mol. The molecule has 3 rings (SSSR count). The van der Waals surface area contributed by atoms with Crippen LogP contribution in [-0.4, -0.2) is 31.1 Å². The molecular weight excluding hydrogens is 410 g/mol. The van der Waals surface area contributed by atoms with Gasteiger partial charge in [-0.2, -0.15) is 0 Å². The van der Waals surface area contributed by atoms with Crippen molar-refractivity contribution < 1.29 is 23.9 Å². The minimum Gasteiger partial charge on any atom is -0.462 e. The van der Waals surface area contributed by atoms with E-state index in [1.807, 2.05) is 43.3 Å². The monoisotopic (exact) mass is 429 g/mol. The van der Waals surface area contributed by atoms with Crippen LogP contribution in [0.15, 0.2) is 47.8 Å². The van der Waals surface area contributed by atoms with Crippen molar-refractivity contribution in [3.63, 3.8) is 0 Å². The number of nitrogens with one attached hydrogen (secondary N) is 1. The average Bonchev–Trinajstić information content (AvgIpc) is 3.33. The molecule has 150 valence electrons. The third kappa shape index (κ3) is 5.10. The van der Waals surface area contributed by atoms with E-state index in [4.69, 9.17) is 9.47 Å². The number of thiophene rings is 2. The van der Waals surface area contributed by atoms with Crippen LogP contribution in [0.5, 0.6) is 0 Å². The summed E-state index contributed by atoms with van der Waals surface area (Å²) in [5, 5.41) is 4.80. The van der Waals surface area contributed by atoms with Crippen LogP contribution in [0.1, 0.15) is 31.8 Å². The van der Waals surface area contributed by atoms with E-state index in [2.05, 4.69) is 5.32 Å². The molecule has 0 atom stereocenters. The molecule has 2 heterocycles. The van der Waals surface area contributed by atoms with Gasteiger partial charge in [-0.1, -0.05) is 30.3 Å². The summed E-state index contributed by atoms with van der Waals surface area (Å²) in [6, 6.07) is 12.8. The van der Waals surface area contributed by atoms with Crippen molar-refractivity contribution in [2.75, 3.05) is 18.5 Å². The topological polar surface area (TPSA) is 81.7 Å². The molecule has 1 N–H and O–H groups in total. The highest BCUT2D eigenvalue weighted by Crippen LogP contribution is 2.36. The minimum atomic E-state index is -0.556. The lowest BCUT2D eigenvalue weighted by Crippen LogP contribution is -2.21. The molecule has 0 aliphatic carbocycles. The summed E-state index contributed by atoms with van der Waals surface area (Å²) in [6.45, 7) is 3.37. The summed E-state index contributed by atoms with van der Waals surface area (Å²) < 4.78 is 10.2. The molecule has 8 heteroatoms. The van der Waals surface area contributed by atoms with Gasteiger partial charge >= 0.3 is 11.9 Å². The lowest BCUT2D eigenvalue weighted by atomic mass is 10.0. The van der Waals surface area contributed by atoms with Crippen molar-refractivity contribution in [3.05, 3.63) is 63.2 Å². The highest BCUT2D eigenvalue weighted by atomic mass is 32.1. The molecule has 1 aromatic carbocycles. The number of carbonyl (C=O) groups excluding carboxylic acids is 3. The van der Waals surface area contributed by atoms with E-state index in [1.54, 1.807) is 18.4 Å². The maximum absolute atomic E-state index is 12.5. The molecule has 0 unspecified atom stereocenters. The van der Waals surface area contributed by atoms with Crippen LogP contribution in [0, 0.1) is 6.92 Å². The lowest BCUT2D eigenvalue weighted by molar-refractivity contribution is -0.119. The molecule has 1 amide bonds. The maximum atomic E-state index is 12.5. The van der Waals surface area contributed by atoms with E-state index in [9.17, 15) is 14.4 Å². The second kappa shape index (κ2) is 9.49. The van der Waals surface area contributed by atoms with Gasteiger partial charge in [0.15, 0.2) is 6.61 Å². The van der Waals surface area contributed by atoms with Gasteiger partial charge in [-0.05, 0) is 31.5 Å². The first-order chi connectivity index (χ1) is 14.0. The third-order valence-electron chi connectivity index (χ3n) is 3.88. The summed E-state index contributed by atoms with van der Waals surface area (Å²) in [6.07, 6.45) is 0. The summed E-state index contributed by atoms with van der Waals surface area (Å²) in [5.74, 6) is -1.60. The number of carbonyl (C=O) groups is 3. The number of anilines is 1. The predicted octanol–water partition coefficient (Wildman–Crippen LogP) is 4.76. The predicted molar refractivity (Wildman–Crippen MR) is 114 cm³/mol. The highest BCUT2D eigenvalue weighted by molar-refractivity contribution is 7.15. The first kappa shape index (κ1) is 20.8. The van der Waals surface area contributed by atoms with Gasteiger partial charge in [0.05, 0.1) is 6.61 Å². The molecule has 3 aromatic rings. The Hall–Kier alpha value is -2.97. The third-order valence-corrected chi connectivity index (χ3v) is 5.76. The van der Waals surface area contributed by atoms with Gasteiger partial charge < -0.3 is 14.8 Å². The van der Waals surface area contributed by atoms with E-state index in [-0.39, 0.29) is 12.2 Å². The Morgan fingerprint density at radius 2 is 1.76 bits per heavy atom. The molecule has 6 nitrogen and oxygen atoms in total. The number of aryl methyl sites for hydroxylation is 1. The van der Waals surface area contributed by atoms with Crippen molar-refractivity contribution in [1.82, 2.24) is 0 Å². The van der Waals surface area contributed by atoms with Gasteiger partial charge in [0.25, 0.3) is 5.91 Å². The van der Waals surface area contributed by atoms with Crippen molar-refractivity contribution in [2.24, 2.45) is 0 Å². The van der Waals surface area contributed by atoms with Crippen molar-refractivity contribution >= 4 is 45.5 Å². The number of ether oxygens (including phenoxy) is 2. The Bertz CT molecular complexity index is 1020. The van der Waals surface area contributed by atoms with Crippen molar-refractivity contribution in [2.45, 2.75) is 13.8 Å². The zero-order chi connectivity index (χ0) is 20.8. The Morgan fingerprint density at radius 3 is 2.41 bits per heavy atom. The Morgan fingerprint density at radius 1 is 1.00 bits per heavy atom. The van der Waals surface area contributed by atoms with E-state index in [0.717, 1.165) is 10.4 Å². The largest absolute Gasteiger partial charge is 0.462 e. The van der Waals surface area contributed by atoms with Gasteiger partial charge in [-0.25, -0.2) is 9.59 Å². The number of benzene rings is 1. The SMILES string of the molecule is CCOC(=O)c1c(-c2ccccc2)csc1NC(=O)COC(=O)c1ccc(C)s1. The van der Waals surface area contributed by atoms with Gasteiger partial charge in [-0.15, -0.1) is 22.7 Å². The van der Waals surface area contributed by atoms with Gasteiger partial charge in [0, 0.05) is 15.8 Å². The maximum Gasteiger partial charge on any atom is 0.348 e. The molecule has 0 saturated heterocycles. The summed E-state index contributed by atoms with van der Waals surface area (Å²) in [4.78, 5) is 38.2. The number of esters is 2. The van der Waals surface area contributed by atoms with Crippen LogP contribution < -0.4 is 5.32 Å². The number of hydrogen-bond donors (Lipinski definition) is 1. The first-order valence-corrected chi connectivity index (χ1v) is 10.6. The summed E-state index contributed by atoms with van der Waals surface area (Å²) in [7, 11) is 0. The minimum absolute atomic E-state index is 0.216. The molecule has 0 saturated carbocycles. The first-order valence-electron chi connectivity index (χ1n) is 8.87. The zero-order valence-electron chi connectivity index (χ0n) is 15.9. The van der Waals surface area contributed by atoms with Gasteiger partial charge in [0.1, 0.15) is 15.4 Å². The van der Waals surface area contributed by atoms with Crippen LogP contribution in [0.4, 0.5) is 5.00 Å². The molecule has 0 fully saturated rings. The normalized spacial score (nSPS) is 10.4. The highest BCUT2D eigenvalue weighted by Gasteiger charge is 2.23. The number of hydrogen-bond acceptors (Lipinski definition) is 7. The number of rotatable bonds is 7. The van der Waals surface area contributed by atoms with Gasteiger partial charge in [0.2, 0.25) is 0 Å². The van der Waals surface area contributed by atoms with E-state index < -0.39 is 24.5 Å². The Kier molecular flexibility index (Phi) is 6.79. The fourth-order valence-electron chi connectivity index (χ4n) is 2.60. The molecule has 0 aliphatic rings. The molecular formula is C21H19NO5S2. The van der Waals surface area contributed by atoms with Crippen molar-refractivity contribution in [3.8, 4) is 11.1 Å². The molecule has 2 aromatic heterocycles. The Balaban J connectivity index is 1.74. The van der Waals surface area contributed by atoms with E-state index in [1.165, 1.54) is 22.7 Å². The zero-order valence-corrected chi connectivity index (χ0v) is 17.5. The Labute approximate surface area is 176 Å². The molecule has 0 aliphatic heterocycles. The second-order valence-corrected chi connectivity index (χ2v) is 8.14. The molecule has 0 radical (unpaired) electrons. The molecule has 0 spiro atoms. The molecule has 0 bridgehead atoms. The van der Waals surface area contributed by atoms with Gasteiger partial charge in [-0.3, -0.25) is 4.79 Å². The fraction of sp³-hybridized carbons (Fsp3) is 0.190. The quantitative estimate of drug-likeness (QED) is 0.548. The number of amides is 1. The van der Waals surface area contributed by atoms with Crippen LogP contribution in [0.25, 0.3) is 11.1 Å². The molecule has 29 heavy (non-hydrogen) atoms. The van der Waals surface area contributed by atoms with Crippen molar-refractivity contribution in [1.29, 1.82) is 0 Å². The summed E-state index contributed by atoms with van der Waals surface area (Å²) >= 11 is 2.52. The smallest absolute Gasteiger partial charge is 0.348 e.